The molecule has 1 atom stereocenters. The molecule has 0 amide bonds. The molecule has 2 rings (SSSR count). The van der Waals surface area contributed by atoms with E-state index in [2.05, 4.69) is 10.3 Å². The number of nitrogens with zero attached hydrogens (tertiary/aromatic N) is 1. The Balaban J connectivity index is 2.04. The molecule has 0 fully saturated rings. The van der Waals surface area contributed by atoms with Crippen LogP contribution >= 0.6 is 0 Å². The summed E-state index contributed by atoms with van der Waals surface area (Å²) in [5.74, 6) is -0.146. The number of nitrogens with two attached hydrogens (primary N) is 1. The predicted molar refractivity (Wildman–Crippen MR) is 79.5 cm³/mol. The van der Waals surface area contributed by atoms with Crippen molar-refractivity contribution >= 4 is 15.7 Å². The highest BCUT2D eigenvalue weighted by Gasteiger charge is 2.07. The van der Waals surface area contributed by atoms with Crippen LogP contribution in [0, 0.1) is 0 Å². The lowest BCUT2D eigenvalue weighted by molar-refractivity contribution is 0.597. The molecule has 1 unspecified atom stereocenters. The standard InChI is InChI=1S/C14H17N3O2S/c1-11(13-6-8-16-9-7-13)17-14-4-2-12(3-5-14)10-20(15,18)19/h2-9,11,17H,10H2,1H3,(H2,15,18,19). The molecule has 1 aromatic heterocycles. The van der Waals surface area contributed by atoms with Gasteiger partial charge in [-0.1, -0.05) is 12.1 Å². The van der Waals surface area contributed by atoms with Gasteiger partial charge in [0, 0.05) is 24.1 Å². The van der Waals surface area contributed by atoms with E-state index < -0.39 is 10.0 Å². The molecule has 106 valence electrons. The lowest BCUT2D eigenvalue weighted by atomic mass is 10.1. The zero-order valence-electron chi connectivity index (χ0n) is 11.2. The quantitative estimate of drug-likeness (QED) is 0.883. The summed E-state index contributed by atoms with van der Waals surface area (Å²) in [7, 11) is -3.48. The molecule has 5 nitrogen and oxygen atoms in total. The fourth-order valence-electron chi connectivity index (χ4n) is 1.91. The van der Waals surface area contributed by atoms with Crippen molar-refractivity contribution < 1.29 is 8.42 Å². The van der Waals surface area contributed by atoms with Gasteiger partial charge in [-0.2, -0.15) is 0 Å². The highest BCUT2D eigenvalue weighted by Crippen LogP contribution is 2.19. The number of pyridine rings is 1. The van der Waals surface area contributed by atoms with E-state index in [-0.39, 0.29) is 11.8 Å². The SMILES string of the molecule is CC(Nc1ccc(CS(N)(=O)=O)cc1)c1ccncc1. The van der Waals surface area contributed by atoms with E-state index in [1.807, 2.05) is 31.2 Å². The normalized spacial score (nSPS) is 12.9. The van der Waals surface area contributed by atoms with Crippen LogP contribution in [0.25, 0.3) is 0 Å². The lowest BCUT2D eigenvalue weighted by Gasteiger charge is -2.15. The summed E-state index contributed by atoms with van der Waals surface area (Å²) in [6.45, 7) is 2.05. The van der Waals surface area contributed by atoms with Gasteiger partial charge in [-0.25, -0.2) is 13.6 Å². The number of anilines is 1. The smallest absolute Gasteiger partial charge is 0.213 e. The molecule has 0 saturated heterocycles. The molecule has 0 saturated carbocycles. The largest absolute Gasteiger partial charge is 0.379 e. The molecular weight excluding hydrogens is 274 g/mol. The third-order valence-electron chi connectivity index (χ3n) is 2.91. The molecule has 0 radical (unpaired) electrons. The molecule has 20 heavy (non-hydrogen) atoms. The van der Waals surface area contributed by atoms with Gasteiger partial charge in [-0.15, -0.1) is 0 Å². The Morgan fingerprint density at radius 3 is 2.30 bits per heavy atom. The van der Waals surface area contributed by atoms with Gasteiger partial charge in [0.25, 0.3) is 0 Å². The Bertz CT molecular complexity index is 655. The van der Waals surface area contributed by atoms with Crippen LogP contribution in [0.3, 0.4) is 0 Å². The number of rotatable bonds is 5. The summed E-state index contributed by atoms with van der Waals surface area (Å²) < 4.78 is 22.0. The number of hydrogen-bond acceptors (Lipinski definition) is 4. The molecule has 0 aliphatic heterocycles. The van der Waals surface area contributed by atoms with Gasteiger partial charge in [0.05, 0.1) is 5.75 Å². The van der Waals surface area contributed by atoms with E-state index in [9.17, 15) is 8.42 Å². The van der Waals surface area contributed by atoms with E-state index in [0.29, 0.717) is 5.56 Å². The predicted octanol–water partition coefficient (Wildman–Crippen LogP) is 2.04. The molecule has 2 aromatic rings. The second kappa shape index (κ2) is 6.02. The number of primary sulfonamides is 1. The van der Waals surface area contributed by atoms with Crippen LogP contribution < -0.4 is 10.5 Å². The Morgan fingerprint density at radius 2 is 1.75 bits per heavy atom. The zero-order chi connectivity index (χ0) is 14.6. The van der Waals surface area contributed by atoms with Crippen LogP contribution in [0.5, 0.6) is 0 Å². The van der Waals surface area contributed by atoms with Gasteiger partial charge >= 0.3 is 0 Å². The maximum atomic E-state index is 11.0. The maximum Gasteiger partial charge on any atom is 0.213 e. The van der Waals surface area contributed by atoms with Crippen molar-refractivity contribution in [2.24, 2.45) is 5.14 Å². The molecule has 1 aromatic carbocycles. The van der Waals surface area contributed by atoms with E-state index in [4.69, 9.17) is 5.14 Å². The summed E-state index contributed by atoms with van der Waals surface area (Å²) in [5, 5.41) is 8.35. The number of aromatic nitrogens is 1. The van der Waals surface area contributed by atoms with Crippen LogP contribution in [0.4, 0.5) is 5.69 Å². The minimum absolute atomic E-state index is 0.141. The summed E-state index contributed by atoms with van der Waals surface area (Å²) >= 11 is 0. The highest BCUT2D eigenvalue weighted by atomic mass is 32.2. The Morgan fingerprint density at radius 1 is 1.15 bits per heavy atom. The maximum absolute atomic E-state index is 11.0. The monoisotopic (exact) mass is 291 g/mol. The first-order valence-electron chi connectivity index (χ1n) is 6.20. The molecule has 6 heteroatoms. The number of nitrogens with one attached hydrogen (secondary N) is 1. The number of benzene rings is 1. The van der Waals surface area contributed by atoms with Crippen LogP contribution in [0.2, 0.25) is 0 Å². The van der Waals surface area contributed by atoms with Gasteiger partial charge in [0.15, 0.2) is 0 Å². The van der Waals surface area contributed by atoms with Crippen molar-refractivity contribution in [2.45, 2.75) is 18.7 Å². The van der Waals surface area contributed by atoms with E-state index in [0.717, 1.165) is 11.3 Å². The van der Waals surface area contributed by atoms with E-state index >= 15 is 0 Å². The Hall–Kier alpha value is -1.92. The highest BCUT2D eigenvalue weighted by molar-refractivity contribution is 7.88. The molecule has 0 spiro atoms. The van der Waals surface area contributed by atoms with Crippen LogP contribution in [0.15, 0.2) is 48.8 Å². The molecule has 1 heterocycles. The third kappa shape index (κ3) is 4.32. The van der Waals surface area contributed by atoms with Gasteiger partial charge in [-0.05, 0) is 42.3 Å². The summed E-state index contributed by atoms with van der Waals surface area (Å²) in [5.41, 5.74) is 2.73. The van der Waals surface area contributed by atoms with Crippen molar-refractivity contribution in [3.05, 3.63) is 59.9 Å². The Labute approximate surface area is 118 Å². The summed E-state index contributed by atoms with van der Waals surface area (Å²) in [4.78, 5) is 3.98. The second-order valence-electron chi connectivity index (χ2n) is 4.65. The fourth-order valence-corrected chi connectivity index (χ4v) is 2.57. The van der Waals surface area contributed by atoms with Crippen LogP contribution in [0.1, 0.15) is 24.1 Å². The average molecular weight is 291 g/mol. The first kappa shape index (κ1) is 14.5. The summed E-state index contributed by atoms with van der Waals surface area (Å²) in [6, 6.07) is 11.2. The molecule has 0 bridgehead atoms. The number of sulfonamides is 1. The minimum atomic E-state index is -3.48. The van der Waals surface area contributed by atoms with Crippen molar-refractivity contribution in [3.63, 3.8) is 0 Å². The third-order valence-corrected chi connectivity index (χ3v) is 3.65. The van der Waals surface area contributed by atoms with Crippen molar-refractivity contribution in [2.75, 3.05) is 5.32 Å². The molecule has 0 aliphatic carbocycles. The first-order chi connectivity index (χ1) is 9.44. The van der Waals surface area contributed by atoms with Crippen molar-refractivity contribution in [1.82, 2.24) is 4.98 Å². The number of hydrogen-bond donors (Lipinski definition) is 2. The van der Waals surface area contributed by atoms with Crippen LogP contribution in [-0.4, -0.2) is 13.4 Å². The van der Waals surface area contributed by atoms with Gasteiger partial charge in [0.1, 0.15) is 0 Å². The molecular formula is C14H17N3O2S. The minimum Gasteiger partial charge on any atom is -0.379 e. The topological polar surface area (TPSA) is 85.1 Å². The van der Waals surface area contributed by atoms with Gasteiger partial charge in [0.2, 0.25) is 10.0 Å². The average Bonchev–Trinajstić information content (AvgIpc) is 2.40. The molecule has 3 N–H and O–H groups in total. The first-order valence-corrected chi connectivity index (χ1v) is 7.91. The Kier molecular flexibility index (Phi) is 4.36. The van der Waals surface area contributed by atoms with Gasteiger partial charge in [-0.3, -0.25) is 4.98 Å². The van der Waals surface area contributed by atoms with Gasteiger partial charge < -0.3 is 5.32 Å². The van der Waals surface area contributed by atoms with E-state index in [1.165, 1.54) is 0 Å². The van der Waals surface area contributed by atoms with E-state index in [1.54, 1.807) is 24.5 Å². The zero-order valence-corrected chi connectivity index (χ0v) is 12.0. The second-order valence-corrected chi connectivity index (χ2v) is 6.27. The van der Waals surface area contributed by atoms with Crippen molar-refractivity contribution in [3.8, 4) is 0 Å². The fraction of sp³-hybridized carbons (Fsp3) is 0.214. The lowest BCUT2D eigenvalue weighted by Crippen LogP contribution is -2.14. The van der Waals surface area contributed by atoms with Crippen molar-refractivity contribution in [1.29, 1.82) is 0 Å². The van der Waals surface area contributed by atoms with Crippen LogP contribution in [-0.2, 0) is 15.8 Å². The summed E-state index contributed by atoms with van der Waals surface area (Å²) in [6.07, 6.45) is 3.51. The molecule has 0 aliphatic rings.